The molecule has 19 heavy (non-hydrogen) atoms. The van der Waals surface area contributed by atoms with E-state index >= 15 is 0 Å². The van der Waals surface area contributed by atoms with Gasteiger partial charge in [0.1, 0.15) is 5.75 Å². The van der Waals surface area contributed by atoms with Gasteiger partial charge in [0.15, 0.2) is 0 Å². The number of rotatable bonds is 3. The minimum atomic E-state index is 0.211. The van der Waals surface area contributed by atoms with Gasteiger partial charge >= 0.3 is 0 Å². The Bertz CT molecular complexity index is 725. The van der Waals surface area contributed by atoms with Crippen LogP contribution in [-0.2, 0) is 0 Å². The Morgan fingerprint density at radius 1 is 1.21 bits per heavy atom. The molecule has 0 fully saturated rings. The predicted octanol–water partition coefficient (Wildman–Crippen LogP) is 2.98. The summed E-state index contributed by atoms with van der Waals surface area (Å²) in [5.74, 6) is 0.836. The summed E-state index contributed by atoms with van der Waals surface area (Å²) in [4.78, 5) is 8.55. The van der Waals surface area contributed by atoms with Gasteiger partial charge in [0.25, 0.3) is 0 Å². The zero-order chi connectivity index (χ0) is 13.2. The molecule has 1 aromatic heterocycles. The van der Waals surface area contributed by atoms with Gasteiger partial charge in [0.2, 0.25) is 5.95 Å². The van der Waals surface area contributed by atoms with Crippen LogP contribution in [-0.4, -0.2) is 15.1 Å². The standard InChI is InChI=1S/C13H12N4OS/c14-19-10-4-5-11-12(7-10)17-13(16-11)15-8-2-1-3-9(18)6-8/h1-7,18H,14H2,(H2,15,16,17). The third-order valence-corrected chi connectivity index (χ3v) is 3.22. The number of aromatic hydroxyl groups is 1. The van der Waals surface area contributed by atoms with Crippen LogP contribution < -0.4 is 10.5 Å². The third-order valence-electron chi connectivity index (χ3n) is 2.70. The first-order valence-electron chi connectivity index (χ1n) is 5.67. The molecule has 0 aliphatic heterocycles. The van der Waals surface area contributed by atoms with Gasteiger partial charge in [-0.15, -0.1) is 0 Å². The molecule has 0 amide bonds. The van der Waals surface area contributed by atoms with Gasteiger partial charge in [-0.25, -0.2) is 4.98 Å². The van der Waals surface area contributed by atoms with Gasteiger partial charge in [0, 0.05) is 16.6 Å². The van der Waals surface area contributed by atoms with E-state index in [1.54, 1.807) is 18.2 Å². The monoisotopic (exact) mass is 272 g/mol. The van der Waals surface area contributed by atoms with E-state index in [2.05, 4.69) is 15.3 Å². The molecule has 0 saturated carbocycles. The fourth-order valence-electron chi connectivity index (χ4n) is 1.84. The van der Waals surface area contributed by atoms with Gasteiger partial charge in [0.05, 0.1) is 11.0 Å². The minimum Gasteiger partial charge on any atom is -0.508 e. The summed E-state index contributed by atoms with van der Waals surface area (Å²) in [5, 5.41) is 18.0. The molecule has 0 saturated heterocycles. The van der Waals surface area contributed by atoms with Crippen LogP contribution in [0, 0.1) is 0 Å². The van der Waals surface area contributed by atoms with Crippen LogP contribution in [0.5, 0.6) is 5.75 Å². The van der Waals surface area contributed by atoms with Crippen molar-refractivity contribution in [1.82, 2.24) is 9.97 Å². The number of aromatic nitrogens is 2. The molecule has 0 spiro atoms. The van der Waals surface area contributed by atoms with Crippen molar-refractivity contribution in [1.29, 1.82) is 0 Å². The van der Waals surface area contributed by atoms with Crippen molar-refractivity contribution in [2.45, 2.75) is 4.90 Å². The zero-order valence-corrected chi connectivity index (χ0v) is 10.7. The van der Waals surface area contributed by atoms with Gasteiger partial charge in [-0.1, -0.05) is 6.07 Å². The maximum absolute atomic E-state index is 9.41. The number of phenolic OH excluding ortho intramolecular Hbond substituents is 1. The number of nitrogens with zero attached hydrogens (tertiary/aromatic N) is 1. The number of imidazole rings is 1. The number of phenols is 1. The molecule has 2 aromatic carbocycles. The highest BCUT2D eigenvalue weighted by Crippen LogP contribution is 2.23. The molecule has 0 bridgehead atoms. The molecular formula is C13H12N4OS. The van der Waals surface area contributed by atoms with Crippen molar-refractivity contribution in [3.63, 3.8) is 0 Å². The Morgan fingerprint density at radius 2 is 2.11 bits per heavy atom. The summed E-state index contributed by atoms with van der Waals surface area (Å²) >= 11 is 1.20. The van der Waals surface area contributed by atoms with Crippen LogP contribution in [0.3, 0.4) is 0 Å². The van der Waals surface area contributed by atoms with Crippen molar-refractivity contribution in [2.24, 2.45) is 5.14 Å². The van der Waals surface area contributed by atoms with Crippen molar-refractivity contribution < 1.29 is 5.11 Å². The molecule has 3 rings (SSSR count). The lowest BCUT2D eigenvalue weighted by Gasteiger charge is -2.02. The highest BCUT2D eigenvalue weighted by molar-refractivity contribution is 7.97. The molecule has 6 heteroatoms. The Labute approximate surface area is 114 Å². The number of hydrogen-bond donors (Lipinski definition) is 4. The molecule has 0 radical (unpaired) electrons. The maximum Gasteiger partial charge on any atom is 0.205 e. The molecule has 5 N–H and O–H groups in total. The normalized spacial score (nSPS) is 10.8. The molecular weight excluding hydrogens is 260 g/mol. The van der Waals surface area contributed by atoms with Crippen LogP contribution in [0.25, 0.3) is 11.0 Å². The van der Waals surface area contributed by atoms with Crippen LogP contribution in [0.2, 0.25) is 0 Å². The number of nitrogens with one attached hydrogen (secondary N) is 2. The number of benzene rings is 2. The van der Waals surface area contributed by atoms with E-state index in [4.69, 9.17) is 5.14 Å². The Kier molecular flexibility index (Phi) is 3.02. The van der Waals surface area contributed by atoms with Gasteiger partial charge in [-0.3, -0.25) is 5.14 Å². The Balaban J connectivity index is 1.93. The molecule has 0 atom stereocenters. The average Bonchev–Trinajstić information content (AvgIpc) is 2.79. The van der Waals surface area contributed by atoms with E-state index in [0.717, 1.165) is 21.6 Å². The first-order valence-corrected chi connectivity index (χ1v) is 6.55. The molecule has 5 nitrogen and oxygen atoms in total. The number of anilines is 2. The smallest absolute Gasteiger partial charge is 0.205 e. The number of nitrogens with two attached hydrogens (primary N) is 1. The van der Waals surface area contributed by atoms with E-state index in [0.29, 0.717) is 5.95 Å². The van der Waals surface area contributed by atoms with Gasteiger partial charge < -0.3 is 15.4 Å². The van der Waals surface area contributed by atoms with Crippen molar-refractivity contribution in [3.05, 3.63) is 42.5 Å². The van der Waals surface area contributed by atoms with Crippen molar-refractivity contribution >= 4 is 34.6 Å². The number of aromatic amines is 1. The fraction of sp³-hybridized carbons (Fsp3) is 0. The van der Waals surface area contributed by atoms with Gasteiger partial charge in [-0.2, -0.15) is 0 Å². The largest absolute Gasteiger partial charge is 0.508 e. The Hall–Kier alpha value is -2.18. The van der Waals surface area contributed by atoms with Crippen LogP contribution in [0.4, 0.5) is 11.6 Å². The SMILES string of the molecule is NSc1ccc2nc(Nc3cccc(O)c3)[nH]c2c1. The maximum atomic E-state index is 9.41. The fourth-order valence-corrected chi connectivity index (χ4v) is 2.17. The highest BCUT2D eigenvalue weighted by atomic mass is 32.2. The molecule has 0 aliphatic rings. The second-order valence-electron chi connectivity index (χ2n) is 4.06. The van der Waals surface area contributed by atoms with E-state index in [-0.39, 0.29) is 5.75 Å². The average molecular weight is 272 g/mol. The summed E-state index contributed by atoms with van der Waals surface area (Å²) in [6.07, 6.45) is 0. The van der Waals surface area contributed by atoms with Crippen molar-refractivity contribution in [3.8, 4) is 5.75 Å². The van der Waals surface area contributed by atoms with Crippen LogP contribution in [0.1, 0.15) is 0 Å². The lowest BCUT2D eigenvalue weighted by Crippen LogP contribution is -1.91. The summed E-state index contributed by atoms with van der Waals surface area (Å²) in [7, 11) is 0. The predicted molar refractivity (Wildman–Crippen MR) is 77.5 cm³/mol. The number of H-pyrrole nitrogens is 1. The van der Waals surface area contributed by atoms with E-state index in [9.17, 15) is 5.11 Å². The molecule has 0 aliphatic carbocycles. The zero-order valence-electron chi connectivity index (χ0n) is 9.92. The lowest BCUT2D eigenvalue weighted by atomic mass is 10.3. The molecule has 0 unspecified atom stereocenters. The summed E-state index contributed by atoms with van der Waals surface area (Å²) < 4.78 is 0. The molecule has 1 heterocycles. The van der Waals surface area contributed by atoms with E-state index < -0.39 is 0 Å². The number of hydrogen-bond acceptors (Lipinski definition) is 5. The second-order valence-corrected chi connectivity index (χ2v) is 4.76. The summed E-state index contributed by atoms with van der Waals surface area (Å²) in [6, 6.07) is 12.7. The first kappa shape index (κ1) is 11.9. The Morgan fingerprint density at radius 3 is 2.89 bits per heavy atom. The van der Waals surface area contributed by atoms with E-state index in [1.165, 1.54) is 11.9 Å². The lowest BCUT2D eigenvalue weighted by molar-refractivity contribution is 0.475. The van der Waals surface area contributed by atoms with Gasteiger partial charge in [-0.05, 0) is 42.3 Å². The summed E-state index contributed by atoms with van der Waals surface area (Å²) in [6.45, 7) is 0. The number of fused-ring (bicyclic) bond motifs is 1. The van der Waals surface area contributed by atoms with Crippen LogP contribution in [0.15, 0.2) is 47.4 Å². The van der Waals surface area contributed by atoms with Crippen LogP contribution >= 0.6 is 11.9 Å². The summed E-state index contributed by atoms with van der Waals surface area (Å²) in [5.41, 5.74) is 2.55. The second kappa shape index (κ2) is 4.83. The highest BCUT2D eigenvalue weighted by Gasteiger charge is 2.04. The van der Waals surface area contributed by atoms with E-state index in [1.807, 2.05) is 24.3 Å². The molecule has 3 aromatic rings. The third kappa shape index (κ3) is 2.49. The first-order chi connectivity index (χ1) is 9.24. The van der Waals surface area contributed by atoms with Crippen molar-refractivity contribution in [2.75, 3.05) is 5.32 Å². The minimum absolute atomic E-state index is 0.211. The quantitative estimate of drug-likeness (QED) is 0.551. The molecule has 96 valence electrons. The topological polar surface area (TPSA) is 87.0 Å².